The Kier molecular flexibility index (Phi) is 7.30. The zero-order valence-corrected chi connectivity index (χ0v) is 18.2. The van der Waals surface area contributed by atoms with Gasteiger partial charge in [-0.1, -0.05) is 48.5 Å². The first-order chi connectivity index (χ1) is 14.9. The molecular formula is C23H21N3O3S2. The summed E-state index contributed by atoms with van der Waals surface area (Å²) in [6.45, 7) is 3.62. The molecule has 0 atom stereocenters. The Morgan fingerprint density at radius 3 is 2.45 bits per heavy atom. The van der Waals surface area contributed by atoms with E-state index in [0.717, 1.165) is 16.3 Å². The Hall–Kier alpha value is -3.33. The van der Waals surface area contributed by atoms with Gasteiger partial charge in [0.2, 0.25) is 15.9 Å². The van der Waals surface area contributed by atoms with E-state index in [1.807, 2.05) is 42.5 Å². The zero-order valence-electron chi connectivity index (χ0n) is 16.5. The number of rotatable bonds is 7. The predicted molar refractivity (Wildman–Crippen MR) is 129 cm³/mol. The molecule has 0 saturated carbocycles. The first kappa shape index (κ1) is 22.4. The SMILES string of the molecule is C=CCNS(=O)(=O)c1ccc(NC(=S)NC(=O)/C=C/c2cccc3ccccc23)cc1. The fourth-order valence-electron chi connectivity index (χ4n) is 2.85. The second-order valence-corrected chi connectivity index (χ2v) is 8.69. The number of hydrogen-bond acceptors (Lipinski definition) is 4. The highest BCUT2D eigenvalue weighted by atomic mass is 32.2. The van der Waals surface area contributed by atoms with E-state index >= 15 is 0 Å². The van der Waals surface area contributed by atoms with Crippen molar-refractivity contribution in [3.8, 4) is 0 Å². The largest absolute Gasteiger partial charge is 0.332 e. The molecule has 0 unspecified atom stereocenters. The maximum Gasteiger partial charge on any atom is 0.250 e. The van der Waals surface area contributed by atoms with Gasteiger partial charge in [-0.2, -0.15) is 0 Å². The standard InChI is InChI=1S/C23H21N3O3S2/c1-2-16-24-31(28,29)20-13-11-19(12-14-20)25-23(30)26-22(27)15-10-18-8-5-7-17-6-3-4-9-21(17)18/h2-15,24H,1,16H2,(H2,25,26,27,30)/b15-10+. The molecule has 8 heteroatoms. The van der Waals surface area contributed by atoms with Crippen molar-refractivity contribution in [3.63, 3.8) is 0 Å². The zero-order chi connectivity index (χ0) is 22.3. The third kappa shape index (κ3) is 6.08. The van der Waals surface area contributed by atoms with E-state index in [2.05, 4.69) is 21.9 Å². The van der Waals surface area contributed by atoms with Crippen molar-refractivity contribution in [2.45, 2.75) is 4.90 Å². The summed E-state index contributed by atoms with van der Waals surface area (Å²) in [5.74, 6) is -0.377. The topological polar surface area (TPSA) is 87.3 Å². The minimum absolute atomic E-state index is 0.105. The van der Waals surface area contributed by atoms with Crippen LogP contribution in [0.4, 0.5) is 5.69 Å². The molecule has 3 aromatic carbocycles. The first-order valence-corrected chi connectivity index (χ1v) is 11.3. The van der Waals surface area contributed by atoms with Crippen LogP contribution < -0.4 is 15.4 Å². The monoisotopic (exact) mass is 451 g/mol. The van der Waals surface area contributed by atoms with Gasteiger partial charge in [-0.3, -0.25) is 10.1 Å². The minimum atomic E-state index is -3.60. The number of anilines is 1. The molecule has 1 amide bonds. The molecule has 0 aliphatic carbocycles. The van der Waals surface area contributed by atoms with Gasteiger partial charge in [-0.25, -0.2) is 13.1 Å². The number of amides is 1. The Balaban J connectivity index is 1.59. The van der Waals surface area contributed by atoms with Gasteiger partial charge in [-0.15, -0.1) is 6.58 Å². The van der Waals surface area contributed by atoms with Gasteiger partial charge in [0.15, 0.2) is 5.11 Å². The van der Waals surface area contributed by atoms with Crippen LogP contribution in [-0.4, -0.2) is 26.0 Å². The Labute approximate surface area is 186 Å². The van der Waals surface area contributed by atoms with Gasteiger partial charge < -0.3 is 5.32 Å². The second kappa shape index (κ2) is 10.1. The van der Waals surface area contributed by atoms with Crippen LogP contribution in [-0.2, 0) is 14.8 Å². The molecule has 0 bridgehead atoms. The summed E-state index contributed by atoms with van der Waals surface area (Å²) in [5.41, 5.74) is 1.47. The van der Waals surface area contributed by atoms with Crippen molar-refractivity contribution >= 4 is 55.8 Å². The lowest BCUT2D eigenvalue weighted by molar-refractivity contribution is -0.115. The van der Waals surface area contributed by atoms with Crippen molar-refractivity contribution in [2.24, 2.45) is 0 Å². The number of carbonyl (C=O) groups excluding carboxylic acids is 1. The minimum Gasteiger partial charge on any atom is -0.332 e. The summed E-state index contributed by atoms with van der Waals surface area (Å²) >= 11 is 5.17. The summed E-state index contributed by atoms with van der Waals surface area (Å²) in [5, 5.41) is 7.67. The number of fused-ring (bicyclic) bond motifs is 1. The third-order valence-electron chi connectivity index (χ3n) is 4.31. The van der Waals surface area contributed by atoms with Crippen LogP contribution in [0.1, 0.15) is 5.56 Å². The highest BCUT2D eigenvalue weighted by Gasteiger charge is 2.12. The Morgan fingerprint density at radius 1 is 1.00 bits per heavy atom. The quantitative estimate of drug-likeness (QED) is 0.289. The van der Waals surface area contributed by atoms with Crippen molar-refractivity contribution in [1.82, 2.24) is 10.0 Å². The fraction of sp³-hybridized carbons (Fsp3) is 0.0435. The molecule has 0 spiro atoms. The second-order valence-electron chi connectivity index (χ2n) is 6.51. The lowest BCUT2D eigenvalue weighted by Crippen LogP contribution is -2.32. The molecule has 0 saturated heterocycles. The van der Waals surface area contributed by atoms with Crippen molar-refractivity contribution in [1.29, 1.82) is 0 Å². The van der Waals surface area contributed by atoms with Gasteiger partial charge in [-0.05, 0) is 58.9 Å². The van der Waals surface area contributed by atoms with Crippen LogP contribution in [0.15, 0.2) is 90.4 Å². The average Bonchev–Trinajstić information content (AvgIpc) is 2.76. The molecule has 31 heavy (non-hydrogen) atoms. The molecular weight excluding hydrogens is 430 g/mol. The molecule has 6 nitrogen and oxygen atoms in total. The van der Waals surface area contributed by atoms with E-state index in [9.17, 15) is 13.2 Å². The lowest BCUT2D eigenvalue weighted by atomic mass is 10.0. The van der Waals surface area contributed by atoms with Crippen molar-refractivity contribution in [3.05, 3.63) is 91.0 Å². The number of sulfonamides is 1. The molecule has 0 aliphatic rings. The number of carbonyl (C=O) groups is 1. The Morgan fingerprint density at radius 2 is 1.71 bits per heavy atom. The van der Waals surface area contributed by atoms with E-state index in [4.69, 9.17) is 12.2 Å². The number of nitrogens with one attached hydrogen (secondary N) is 3. The fourth-order valence-corrected chi connectivity index (χ4v) is 4.06. The number of hydrogen-bond donors (Lipinski definition) is 3. The van der Waals surface area contributed by atoms with Crippen LogP contribution in [0, 0.1) is 0 Å². The smallest absolute Gasteiger partial charge is 0.250 e. The summed E-state index contributed by atoms with van der Waals surface area (Å²) in [4.78, 5) is 12.3. The molecule has 0 fully saturated rings. The van der Waals surface area contributed by atoms with Crippen molar-refractivity contribution in [2.75, 3.05) is 11.9 Å². The maximum absolute atomic E-state index is 12.2. The third-order valence-corrected chi connectivity index (χ3v) is 5.96. The summed E-state index contributed by atoms with van der Waals surface area (Å²) in [6, 6.07) is 19.8. The highest BCUT2D eigenvalue weighted by Crippen LogP contribution is 2.19. The average molecular weight is 452 g/mol. The van der Waals surface area contributed by atoms with Crippen molar-refractivity contribution < 1.29 is 13.2 Å². The van der Waals surface area contributed by atoms with Crippen LogP contribution in [0.3, 0.4) is 0 Å². The summed E-state index contributed by atoms with van der Waals surface area (Å²) < 4.78 is 26.5. The molecule has 0 aliphatic heterocycles. The molecule has 3 aromatic rings. The predicted octanol–water partition coefficient (Wildman–Crippen LogP) is 3.83. The number of benzene rings is 3. The highest BCUT2D eigenvalue weighted by molar-refractivity contribution is 7.89. The molecule has 0 heterocycles. The van der Waals surface area contributed by atoms with E-state index in [1.165, 1.54) is 24.3 Å². The number of thiocarbonyl (C=S) groups is 1. The first-order valence-electron chi connectivity index (χ1n) is 9.37. The van der Waals surface area contributed by atoms with E-state index in [-0.39, 0.29) is 22.5 Å². The van der Waals surface area contributed by atoms with Gasteiger partial charge in [0, 0.05) is 18.3 Å². The molecule has 158 valence electrons. The molecule has 0 aromatic heterocycles. The van der Waals surface area contributed by atoms with Crippen LogP contribution in [0.5, 0.6) is 0 Å². The van der Waals surface area contributed by atoms with E-state index < -0.39 is 10.0 Å². The normalized spacial score (nSPS) is 11.4. The molecule has 3 rings (SSSR count). The molecule has 0 radical (unpaired) electrons. The van der Waals surface area contributed by atoms with Crippen LogP contribution in [0.2, 0.25) is 0 Å². The van der Waals surface area contributed by atoms with Gasteiger partial charge in [0.1, 0.15) is 0 Å². The van der Waals surface area contributed by atoms with E-state index in [0.29, 0.717) is 5.69 Å². The van der Waals surface area contributed by atoms with Gasteiger partial charge in [0.25, 0.3) is 0 Å². The Bertz CT molecular complexity index is 1250. The van der Waals surface area contributed by atoms with Crippen LogP contribution in [0.25, 0.3) is 16.8 Å². The summed E-state index contributed by atoms with van der Waals surface area (Å²) in [6.07, 6.45) is 4.61. The lowest BCUT2D eigenvalue weighted by Gasteiger charge is -2.09. The van der Waals surface area contributed by atoms with E-state index in [1.54, 1.807) is 18.2 Å². The summed E-state index contributed by atoms with van der Waals surface area (Å²) in [7, 11) is -3.60. The molecule has 3 N–H and O–H groups in total. The van der Waals surface area contributed by atoms with Gasteiger partial charge in [0.05, 0.1) is 4.90 Å². The van der Waals surface area contributed by atoms with Crippen LogP contribution >= 0.6 is 12.2 Å². The maximum atomic E-state index is 12.2. The van der Waals surface area contributed by atoms with Gasteiger partial charge >= 0.3 is 0 Å².